The van der Waals surface area contributed by atoms with Gasteiger partial charge in [0.2, 0.25) is 0 Å². The fraction of sp³-hybridized carbons (Fsp3) is 0.0588. The maximum atomic E-state index is 12.5. The zero-order chi connectivity index (χ0) is 18.4. The summed E-state index contributed by atoms with van der Waals surface area (Å²) >= 11 is 6.03. The number of nitrogens with zero attached hydrogens (tertiary/aromatic N) is 3. The number of rotatable bonds is 3. The second-order valence-electron chi connectivity index (χ2n) is 5.61. The molecule has 1 aromatic carbocycles. The fourth-order valence-electron chi connectivity index (χ4n) is 2.68. The van der Waals surface area contributed by atoms with Gasteiger partial charge >= 0.3 is 5.69 Å². The number of amides is 1. The first-order valence-corrected chi connectivity index (χ1v) is 7.97. The summed E-state index contributed by atoms with van der Waals surface area (Å²) in [7, 11) is 0. The first-order valence-electron chi connectivity index (χ1n) is 7.59. The van der Waals surface area contributed by atoms with Crippen molar-refractivity contribution in [1.29, 1.82) is 0 Å². The van der Waals surface area contributed by atoms with Gasteiger partial charge in [-0.25, -0.2) is 19.3 Å². The van der Waals surface area contributed by atoms with Crippen LogP contribution in [0, 0.1) is 6.92 Å². The molecule has 0 saturated heterocycles. The van der Waals surface area contributed by atoms with Gasteiger partial charge in [0.25, 0.3) is 5.91 Å². The van der Waals surface area contributed by atoms with Crippen molar-refractivity contribution in [1.82, 2.24) is 19.5 Å². The van der Waals surface area contributed by atoms with Crippen LogP contribution in [0.3, 0.4) is 0 Å². The molecule has 0 unspecified atom stereocenters. The highest BCUT2D eigenvalue weighted by atomic mass is 35.5. The third-order valence-electron chi connectivity index (χ3n) is 3.80. The summed E-state index contributed by atoms with van der Waals surface area (Å²) in [5, 5.41) is 0.454. The molecule has 9 heteroatoms. The van der Waals surface area contributed by atoms with Crippen LogP contribution < -0.4 is 11.4 Å². The third kappa shape index (κ3) is 2.56. The zero-order valence-electron chi connectivity index (χ0n) is 13.5. The van der Waals surface area contributed by atoms with Crippen LogP contribution in [0.4, 0.5) is 0 Å². The van der Waals surface area contributed by atoms with Crippen molar-refractivity contribution in [3.05, 3.63) is 63.4 Å². The van der Waals surface area contributed by atoms with Crippen molar-refractivity contribution in [3.63, 3.8) is 0 Å². The van der Waals surface area contributed by atoms with Crippen molar-refractivity contribution in [2.75, 3.05) is 0 Å². The molecule has 0 fully saturated rings. The van der Waals surface area contributed by atoms with Gasteiger partial charge in [0.1, 0.15) is 11.3 Å². The van der Waals surface area contributed by atoms with Crippen LogP contribution in [0.25, 0.3) is 28.4 Å². The van der Waals surface area contributed by atoms with Crippen molar-refractivity contribution >= 4 is 28.7 Å². The minimum Gasteiger partial charge on any atom is -0.458 e. The smallest absolute Gasteiger partial charge is 0.332 e. The molecular weight excluding hydrogens is 358 g/mol. The molecule has 1 amide bonds. The molecule has 0 radical (unpaired) electrons. The molecule has 130 valence electrons. The van der Waals surface area contributed by atoms with Crippen LogP contribution in [0.1, 0.15) is 16.2 Å². The summed E-state index contributed by atoms with van der Waals surface area (Å²) in [4.78, 5) is 35.5. The number of aromatic nitrogens is 4. The molecular formula is C17H12ClN5O3. The number of furan rings is 1. The van der Waals surface area contributed by atoms with Crippen molar-refractivity contribution < 1.29 is 9.21 Å². The van der Waals surface area contributed by atoms with Gasteiger partial charge in [-0.3, -0.25) is 4.79 Å². The predicted molar refractivity (Wildman–Crippen MR) is 95.5 cm³/mol. The maximum absolute atomic E-state index is 12.5. The lowest BCUT2D eigenvalue weighted by Gasteiger charge is -2.05. The summed E-state index contributed by atoms with van der Waals surface area (Å²) in [6, 6.07) is 10.1. The van der Waals surface area contributed by atoms with Gasteiger partial charge < -0.3 is 15.1 Å². The zero-order valence-corrected chi connectivity index (χ0v) is 14.2. The minimum absolute atomic E-state index is 0.100. The van der Waals surface area contributed by atoms with Gasteiger partial charge in [0, 0.05) is 5.02 Å². The van der Waals surface area contributed by atoms with Crippen LogP contribution in [-0.2, 0) is 0 Å². The van der Waals surface area contributed by atoms with Crippen molar-refractivity contribution in [3.8, 4) is 17.3 Å². The molecule has 3 heterocycles. The largest absolute Gasteiger partial charge is 0.458 e. The molecule has 26 heavy (non-hydrogen) atoms. The Hall–Kier alpha value is -3.39. The van der Waals surface area contributed by atoms with Crippen LogP contribution >= 0.6 is 11.6 Å². The molecule has 0 aliphatic rings. The van der Waals surface area contributed by atoms with Crippen LogP contribution in [0.15, 0.2) is 45.6 Å². The van der Waals surface area contributed by atoms with E-state index < -0.39 is 11.6 Å². The van der Waals surface area contributed by atoms with E-state index in [4.69, 9.17) is 21.8 Å². The van der Waals surface area contributed by atoms with Crippen molar-refractivity contribution in [2.24, 2.45) is 5.73 Å². The number of nitrogens with two attached hydrogens (primary N) is 1. The number of primary amides is 1. The number of imidazole rings is 1. The van der Waals surface area contributed by atoms with Gasteiger partial charge in [-0.1, -0.05) is 17.7 Å². The van der Waals surface area contributed by atoms with E-state index in [1.54, 1.807) is 43.3 Å². The first kappa shape index (κ1) is 16.1. The molecule has 3 N–H and O–H groups in total. The third-order valence-corrected chi connectivity index (χ3v) is 4.03. The number of nitrogens with one attached hydrogen (secondary N) is 1. The fourth-order valence-corrected chi connectivity index (χ4v) is 2.87. The molecule has 4 aromatic rings. The quantitative estimate of drug-likeness (QED) is 0.574. The van der Waals surface area contributed by atoms with Crippen LogP contribution in [-0.4, -0.2) is 25.4 Å². The lowest BCUT2D eigenvalue weighted by molar-refractivity contribution is 0.0997. The Labute approximate surface area is 151 Å². The van der Waals surface area contributed by atoms with Gasteiger partial charge in [-0.05, 0) is 37.3 Å². The number of fused-ring (bicyclic) bond motifs is 1. The highest BCUT2D eigenvalue weighted by Gasteiger charge is 2.21. The normalized spacial score (nSPS) is 11.2. The van der Waals surface area contributed by atoms with Crippen LogP contribution in [0.5, 0.6) is 0 Å². The van der Waals surface area contributed by atoms with E-state index in [1.807, 2.05) is 0 Å². The lowest BCUT2D eigenvalue weighted by atomic mass is 10.3. The molecule has 3 aromatic heterocycles. The van der Waals surface area contributed by atoms with Gasteiger partial charge in [0.15, 0.2) is 22.9 Å². The summed E-state index contributed by atoms with van der Waals surface area (Å²) < 4.78 is 6.83. The van der Waals surface area contributed by atoms with Crippen molar-refractivity contribution in [2.45, 2.75) is 6.92 Å². The average molecular weight is 370 g/mol. The number of carbonyl (C=O) groups is 1. The molecule has 0 aliphatic carbocycles. The Morgan fingerprint density at radius 2 is 2.08 bits per heavy atom. The van der Waals surface area contributed by atoms with E-state index in [9.17, 15) is 9.59 Å². The second kappa shape index (κ2) is 5.85. The molecule has 0 atom stereocenters. The number of H-pyrrole nitrogens is 1. The molecule has 0 saturated carbocycles. The maximum Gasteiger partial charge on any atom is 0.332 e. The standard InChI is InChI=1S/C17H12ClN5O3/c1-8-5-6-11(26-8)15-20-12(14(19)24)13-16(22-15)23(17(25)21-13)10-4-2-3-9(18)7-10/h2-7H,1H3,(H2,19,24)(H,21,25). The van der Waals surface area contributed by atoms with E-state index in [2.05, 4.69) is 15.0 Å². The minimum atomic E-state index is -0.790. The first-order chi connectivity index (χ1) is 12.4. The number of aryl methyl sites for hydroxylation is 1. The monoisotopic (exact) mass is 369 g/mol. The Morgan fingerprint density at radius 1 is 1.27 bits per heavy atom. The number of halogens is 1. The number of benzene rings is 1. The van der Waals surface area contributed by atoms with Gasteiger partial charge in [-0.2, -0.15) is 0 Å². The Kier molecular flexibility index (Phi) is 3.62. The highest BCUT2D eigenvalue weighted by Crippen LogP contribution is 2.24. The lowest BCUT2D eigenvalue weighted by Crippen LogP contribution is -2.15. The average Bonchev–Trinajstić information content (AvgIpc) is 3.16. The summed E-state index contributed by atoms with van der Waals surface area (Å²) in [6.45, 7) is 1.77. The second-order valence-corrected chi connectivity index (χ2v) is 6.05. The highest BCUT2D eigenvalue weighted by molar-refractivity contribution is 6.30. The SMILES string of the molecule is Cc1ccc(-c2nc(C(N)=O)c3[nH]c(=O)n(-c4cccc(Cl)c4)c3n2)o1. The molecule has 0 spiro atoms. The Balaban J connectivity index is 2.08. The van der Waals surface area contributed by atoms with E-state index in [0.717, 1.165) is 0 Å². The van der Waals surface area contributed by atoms with Crippen LogP contribution in [0.2, 0.25) is 5.02 Å². The Bertz CT molecular complexity index is 1220. The Morgan fingerprint density at radius 3 is 2.73 bits per heavy atom. The van der Waals surface area contributed by atoms with Gasteiger partial charge in [0.05, 0.1) is 5.69 Å². The van der Waals surface area contributed by atoms with E-state index >= 15 is 0 Å². The topological polar surface area (TPSA) is 120 Å². The number of aromatic amines is 1. The molecule has 0 aliphatic heterocycles. The molecule has 4 rings (SSSR count). The van der Waals surface area contributed by atoms with E-state index in [-0.39, 0.29) is 22.7 Å². The summed E-state index contributed by atoms with van der Waals surface area (Å²) in [5.41, 5.74) is 5.69. The number of hydrogen-bond donors (Lipinski definition) is 2. The summed E-state index contributed by atoms with van der Waals surface area (Å²) in [6.07, 6.45) is 0. The number of hydrogen-bond acceptors (Lipinski definition) is 5. The van der Waals surface area contributed by atoms with E-state index in [0.29, 0.717) is 22.2 Å². The van der Waals surface area contributed by atoms with E-state index in [1.165, 1.54) is 4.57 Å². The predicted octanol–water partition coefficient (Wildman–Crippen LogP) is 2.43. The number of carbonyl (C=O) groups excluding carboxylic acids is 1. The van der Waals surface area contributed by atoms with Gasteiger partial charge in [-0.15, -0.1) is 0 Å². The summed E-state index contributed by atoms with van der Waals surface area (Å²) in [5.74, 6) is 0.374. The molecule has 8 nitrogen and oxygen atoms in total. The molecule has 0 bridgehead atoms.